The van der Waals surface area contributed by atoms with Crippen molar-refractivity contribution in [3.63, 3.8) is 0 Å². The molecule has 0 aliphatic rings. The molecule has 0 spiro atoms. The van der Waals surface area contributed by atoms with E-state index < -0.39 is 11.0 Å². The summed E-state index contributed by atoms with van der Waals surface area (Å²) in [7, 11) is 0. The fraction of sp³-hybridized carbons (Fsp3) is 0.214. The number of nitrogens with zero attached hydrogens (tertiary/aromatic N) is 2. The van der Waals surface area contributed by atoms with E-state index in [1.54, 1.807) is 38.2 Å². The molecule has 1 aromatic carbocycles. The van der Waals surface area contributed by atoms with E-state index in [4.69, 9.17) is 4.74 Å². The largest absolute Gasteiger partial charge is 0.439 e. The normalized spacial score (nSPS) is 11.9. The SMILES string of the molecule is Cc1cc(Oc2ncccc2C(C)O)ccc1[N+](=O)[O-]. The van der Waals surface area contributed by atoms with Crippen LogP contribution in [0.15, 0.2) is 36.5 Å². The van der Waals surface area contributed by atoms with Crippen molar-refractivity contribution in [1.29, 1.82) is 0 Å². The first-order valence-electron chi connectivity index (χ1n) is 6.05. The molecule has 6 heteroatoms. The van der Waals surface area contributed by atoms with E-state index in [2.05, 4.69) is 4.98 Å². The van der Waals surface area contributed by atoms with E-state index in [9.17, 15) is 15.2 Å². The topological polar surface area (TPSA) is 85.5 Å². The van der Waals surface area contributed by atoms with Crippen LogP contribution >= 0.6 is 0 Å². The van der Waals surface area contributed by atoms with E-state index >= 15 is 0 Å². The zero-order chi connectivity index (χ0) is 14.7. The Balaban J connectivity index is 2.31. The molecule has 1 heterocycles. The number of hydrogen-bond acceptors (Lipinski definition) is 5. The van der Waals surface area contributed by atoms with Gasteiger partial charge in [0.25, 0.3) is 5.69 Å². The number of nitro benzene ring substituents is 1. The molecule has 0 bridgehead atoms. The molecule has 104 valence electrons. The molecule has 0 saturated heterocycles. The Bertz CT molecular complexity index is 641. The highest BCUT2D eigenvalue weighted by Crippen LogP contribution is 2.29. The summed E-state index contributed by atoms with van der Waals surface area (Å²) in [6, 6.07) is 7.88. The molecule has 0 aliphatic carbocycles. The lowest BCUT2D eigenvalue weighted by molar-refractivity contribution is -0.385. The summed E-state index contributed by atoms with van der Waals surface area (Å²) in [4.78, 5) is 14.4. The molecule has 1 N–H and O–H groups in total. The van der Waals surface area contributed by atoms with Crippen molar-refractivity contribution in [2.45, 2.75) is 20.0 Å². The summed E-state index contributed by atoms with van der Waals surface area (Å²) < 4.78 is 5.59. The number of rotatable bonds is 4. The predicted octanol–water partition coefficient (Wildman–Crippen LogP) is 3.14. The van der Waals surface area contributed by atoms with Crippen LogP contribution in [0.1, 0.15) is 24.2 Å². The van der Waals surface area contributed by atoms with Gasteiger partial charge >= 0.3 is 0 Å². The van der Waals surface area contributed by atoms with Crippen LogP contribution < -0.4 is 4.74 Å². The van der Waals surface area contributed by atoms with Crippen LogP contribution in [0.5, 0.6) is 11.6 Å². The number of hydrogen-bond donors (Lipinski definition) is 1. The zero-order valence-electron chi connectivity index (χ0n) is 11.1. The second-order valence-corrected chi connectivity index (χ2v) is 4.38. The lowest BCUT2D eigenvalue weighted by atomic mass is 10.1. The molecular formula is C14H14N2O4. The Morgan fingerprint density at radius 1 is 1.40 bits per heavy atom. The van der Waals surface area contributed by atoms with Gasteiger partial charge in [-0.2, -0.15) is 0 Å². The minimum absolute atomic E-state index is 0.0362. The maximum Gasteiger partial charge on any atom is 0.272 e. The predicted molar refractivity (Wildman–Crippen MR) is 72.8 cm³/mol. The number of ether oxygens (including phenoxy) is 1. The first kappa shape index (κ1) is 14.0. The fourth-order valence-corrected chi connectivity index (χ4v) is 1.81. The van der Waals surface area contributed by atoms with Crippen LogP contribution in [-0.2, 0) is 0 Å². The van der Waals surface area contributed by atoms with Crippen LogP contribution in [0.25, 0.3) is 0 Å². The second-order valence-electron chi connectivity index (χ2n) is 4.38. The number of nitro groups is 1. The highest BCUT2D eigenvalue weighted by molar-refractivity contribution is 5.45. The van der Waals surface area contributed by atoms with Gasteiger partial charge in [-0.25, -0.2) is 4.98 Å². The number of aryl methyl sites for hydroxylation is 1. The lowest BCUT2D eigenvalue weighted by Crippen LogP contribution is -1.98. The maximum atomic E-state index is 10.8. The Kier molecular flexibility index (Phi) is 3.95. The molecule has 6 nitrogen and oxygen atoms in total. The van der Waals surface area contributed by atoms with Gasteiger partial charge in [0.05, 0.1) is 11.0 Å². The maximum absolute atomic E-state index is 10.8. The third-order valence-corrected chi connectivity index (χ3v) is 2.83. The van der Waals surface area contributed by atoms with Gasteiger partial charge in [0.15, 0.2) is 0 Å². The van der Waals surface area contributed by atoms with Crippen LogP contribution in [0.3, 0.4) is 0 Å². The fourth-order valence-electron chi connectivity index (χ4n) is 1.81. The molecule has 20 heavy (non-hydrogen) atoms. The molecular weight excluding hydrogens is 260 g/mol. The minimum Gasteiger partial charge on any atom is -0.439 e. The van der Waals surface area contributed by atoms with Crippen LogP contribution in [-0.4, -0.2) is 15.0 Å². The number of aliphatic hydroxyl groups is 1. The quantitative estimate of drug-likeness (QED) is 0.683. The summed E-state index contributed by atoms with van der Waals surface area (Å²) in [6.45, 7) is 3.25. The van der Waals surface area contributed by atoms with Gasteiger partial charge in [-0.15, -0.1) is 0 Å². The van der Waals surface area contributed by atoms with Crippen molar-refractivity contribution in [2.24, 2.45) is 0 Å². The summed E-state index contributed by atoms with van der Waals surface area (Å²) in [6.07, 6.45) is 0.845. The van der Waals surface area contributed by atoms with Crippen molar-refractivity contribution in [3.05, 3.63) is 57.8 Å². The van der Waals surface area contributed by atoms with Crippen molar-refractivity contribution in [1.82, 2.24) is 4.98 Å². The number of aliphatic hydroxyl groups excluding tert-OH is 1. The van der Waals surface area contributed by atoms with Crippen LogP contribution in [0.4, 0.5) is 5.69 Å². The van der Waals surface area contributed by atoms with Crippen molar-refractivity contribution >= 4 is 5.69 Å². The summed E-state index contributed by atoms with van der Waals surface area (Å²) in [5.74, 6) is 0.726. The molecule has 0 fully saturated rings. The zero-order valence-corrected chi connectivity index (χ0v) is 11.1. The van der Waals surface area contributed by atoms with E-state index in [-0.39, 0.29) is 11.6 Å². The van der Waals surface area contributed by atoms with Crippen molar-refractivity contribution in [3.8, 4) is 11.6 Å². The number of aromatic nitrogens is 1. The van der Waals surface area contributed by atoms with Crippen LogP contribution in [0, 0.1) is 17.0 Å². The first-order valence-corrected chi connectivity index (χ1v) is 6.05. The minimum atomic E-state index is -0.710. The number of pyridine rings is 1. The van der Waals surface area contributed by atoms with Crippen molar-refractivity contribution < 1.29 is 14.8 Å². The molecule has 0 saturated carbocycles. The van der Waals surface area contributed by atoms with Crippen LogP contribution in [0.2, 0.25) is 0 Å². The molecule has 0 aliphatic heterocycles. The Morgan fingerprint density at radius 3 is 2.75 bits per heavy atom. The summed E-state index contributed by atoms with van der Waals surface area (Å²) >= 11 is 0. The average Bonchev–Trinajstić information content (AvgIpc) is 2.38. The monoisotopic (exact) mass is 274 g/mol. The van der Waals surface area contributed by atoms with Gasteiger partial charge in [-0.3, -0.25) is 10.1 Å². The van der Waals surface area contributed by atoms with E-state index in [0.717, 1.165) is 0 Å². The van der Waals surface area contributed by atoms with Gasteiger partial charge in [0.1, 0.15) is 5.75 Å². The lowest BCUT2D eigenvalue weighted by Gasteiger charge is -2.11. The number of benzene rings is 1. The Labute approximate surface area is 115 Å². The standard InChI is InChI=1S/C14H14N2O4/c1-9-8-11(5-6-13(9)16(18)19)20-14-12(10(2)17)4-3-7-15-14/h3-8,10,17H,1-2H3. The molecule has 2 rings (SSSR count). The molecule has 1 aromatic heterocycles. The van der Waals surface area contributed by atoms with Gasteiger partial charge in [-0.1, -0.05) is 0 Å². The Hall–Kier alpha value is -2.47. The molecule has 0 radical (unpaired) electrons. The molecule has 1 unspecified atom stereocenters. The van der Waals surface area contributed by atoms with E-state index in [0.29, 0.717) is 16.9 Å². The summed E-state index contributed by atoms with van der Waals surface area (Å²) in [5.41, 5.74) is 1.10. The molecule has 2 aromatic rings. The molecule has 1 atom stereocenters. The van der Waals surface area contributed by atoms with Gasteiger partial charge in [0, 0.05) is 23.4 Å². The first-order chi connectivity index (χ1) is 9.49. The Morgan fingerprint density at radius 2 is 2.15 bits per heavy atom. The third kappa shape index (κ3) is 2.92. The van der Waals surface area contributed by atoms with E-state index in [1.165, 1.54) is 12.1 Å². The molecule has 0 amide bonds. The van der Waals surface area contributed by atoms with E-state index in [1.807, 2.05) is 0 Å². The highest BCUT2D eigenvalue weighted by atomic mass is 16.6. The van der Waals surface area contributed by atoms with Gasteiger partial charge in [-0.05, 0) is 38.1 Å². The highest BCUT2D eigenvalue weighted by Gasteiger charge is 2.14. The average molecular weight is 274 g/mol. The van der Waals surface area contributed by atoms with Gasteiger partial charge in [0.2, 0.25) is 5.88 Å². The third-order valence-electron chi connectivity index (χ3n) is 2.83. The van der Waals surface area contributed by atoms with Gasteiger partial charge < -0.3 is 9.84 Å². The second kappa shape index (κ2) is 5.66. The smallest absolute Gasteiger partial charge is 0.272 e. The van der Waals surface area contributed by atoms with Crippen molar-refractivity contribution in [2.75, 3.05) is 0 Å². The summed E-state index contributed by atoms with van der Waals surface area (Å²) in [5, 5.41) is 20.4.